The first-order valence-electron chi connectivity index (χ1n) is 20.9. The van der Waals surface area contributed by atoms with Crippen LogP contribution >= 0.6 is 46.2 Å². The molecule has 0 saturated carbocycles. The van der Waals surface area contributed by atoms with Crippen LogP contribution in [0.4, 0.5) is 5.13 Å². The molecular weight excluding hydrogens is 911 g/mol. The molecule has 7 aromatic rings. The first kappa shape index (κ1) is 44.7. The van der Waals surface area contributed by atoms with Gasteiger partial charge in [-0.2, -0.15) is 0 Å². The summed E-state index contributed by atoms with van der Waals surface area (Å²) in [5.41, 5.74) is 1.83. The zero-order valence-corrected chi connectivity index (χ0v) is 39.0. The van der Waals surface area contributed by atoms with Crippen LogP contribution < -0.4 is 20.8 Å². The smallest absolute Gasteiger partial charge is 0.315 e. The molecule has 0 radical (unpaired) electrons. The number of amides is 2. The van der Waals surface area contributed by atoms with E-state index in [-0.39, 0.29) is 41.6 Å². The Morgan fingerprint density at radius 2 is 1.50 bits per heavy atom. The van der Waals surface area contributed by atoms with Gasteiger partial charge >= 0.3 is 5.97 Å². The summed E-state index contributed by atoms with van der Waals surface area (Å²) in [7, 11) is 2.93. The highest BCUT2D eigenvalue weighted by Gasteiger charge is 2.58. The van der Waals surface area contributed by atoms with E-state index in [1.165, 1.54) is 53.3 Å². The molecule has 2 saturated heterocycles. The van der Waals surface area contributed by atoms with Crippen LogP contribution in [0.3, 0.4) is 0 Å². The number of methoxy groups -OCH3 is 1. The van der Waals surface area contributed by atoms with Gasteiger partial charge in [-0.15, -0.1) is 46.2 Å². The largest absolute Gasteiger partial charge is 0.497 e. The number of carbonyl (C=O) groups is 3. The van der Waals surface area contributed by atoms with Crippen molar-refractivity contribution in [2.45, 2.75) is 27.8 Å². The van der Waals surface area contributed by atoms with E-state index in [4.69, 9.17) is 19.3 Å². The van der Waals surface area contributed by atoms with Crippen molar-refractivity contribution in [1.29, 1.82) is 0 Å². The molecule has 2 N–H and O–H groups in total. The number of thiazole rings is 1. The van der Waals surface area contributed by atoms with Gasteiger partial charge in [0.15, 0.2) is 16.3 Å². The van der Waals surface area contributed by atoms with Gasteiger partial charge in [0.2, 0.25) is 5.91 Å². The molecule has 4 heterocycles. The lowest BCUT2D eigenvalue weighted by molar-refractivity contribution is -0.162. The van der Waals surface area contributed by atoms with Gasteiger partial charge in [-0.1, -0.05) is 120 Å². The number of ether oxygens (including phenoxy) is 2. The van der Waals surface area contributed by atoms with Crippen LogP contribution in [0.25, 0.3) is 10.1 Å². The van der Waals surface area contributed by atoms with Gasteiger partial charge in [0, 0.05) is 39.6 Å². The maximum atomic E-state index is 14.2. The lowest BCUT2D eigenvalue weighted by atomic mass is 9.77. The molecule has 334 valence electrons. The fraction of sp³-hybridized carbons (Fsp3) is 0.200. The number of fused-ring (bicyclic) bond motifs is 2. The van der Waals surface area contributed by atoms with Crippen molar-refractivity contribution >= 4 is 84.9 Å². The third-order valence-corrected chi connectivity index (χ3v) is 16.5. The highest BCUT2D eigenvalue weighted by atomic mass is 32.2. The summed E-state index contributed by atoms with van der Waals surface area (Å²) in [5, 5.41) is 13.2. The fourth-order valence-electron chi connectivity index (χ4n) is 8.17. The molecule has 3 atom stereocenters. The van der Waals surface area contributed by atoms with Crippen LogP contribution in [0.2, 0.25) is 0 Å². The molecule has 0 aliphatic carbocycles. The lowest BCUT2D eigenvalue weighted by Gasteiger charge is -2.54. The number of benzene rings is 5. The van der Waals surface area contributed by atoms with E-state index in [2.05, 4.69) is 52.2 Å². The van der Waals surface area contributed by atoms with Crippen molar-refractivity contribution < 1.29 is 28.7 Å². The predicted octanol–water partition coefficient (Wildman–Crippen LogP) is 8.40. The Bertz CT molecular complexity index is 2860. The minimum atomic E-state index is -1.12. The van der Waals surface area contributed by atoms with E-state index in [1.807, 2.05) is 84.9 Å². The summed E-state index contributed by atoms with van der Waals surface area (Å²) in [6.07, 6.45) is 0. The molecule has 5 aromatic carbocycles. The Hall–Kier alpha value is -6.46. The standard InChI is InChI=1S/C50H43N5O7S4/c1-60-36-24-22-32(23-25-36)27-62-47(59)49(30-64-41-26-39(56)37-20-12-13-21-40(37)66-41)29-55-45(58)43(46(55)65-31-49)52-44(57)42(54-61-2)38-28-63-48(51-38)53-50(33-14-6-3-7-15-33,34-16-8-4-9-17-34)35-18-10-5-11-19-35/h3-26,28,43,46H,27,29-31H2,1-2H3,(H,51,53)(H,52,57)/t43?,46-,49?/m1/s1. The normalized spacial score (nSPS) is 18.2. The quantitative estimate of drug-likeness (QED) is 0.0240. The van der Waals surface area contributed by atoms with E-state index in [9.17, 15) is 19.2 Å². The van der Waals surface area contributed by atoms with Gasteiger partial charge in [-0.05, 0) is 46.5 Å². The summed E-state index contributed by atoms with van der Waals surface area (Å²) in [6, 6.07) is 45.7. The second kappa shape index (κ2) is 19.6. The summed E-state index contributed by atoms with van der Waals surface area (Å²) in [6.45, 7) is 0.0966. The number of oxime groups is 1. The van der Waals surface area contributed by atoms with Crippen molar-refractivity contribution in [2.75, 3.05) is 37.6 Å². The summed E-state index contributed by atoms with van der Waals surface area (Å²) in [4.78, 5) is 67.1. The van der Waals surface area contributed by atoms with E-state index in [0.717, 1.165) is 31.2 Å². The van der Waals surface area contributed by atoms with Gasteiger partial charge < -0.3 is 29.8 Å². The van der Waals surface area contributed by atoms with E-state index in [1.54, 1.807) is 41.7 Å². The summed E-state index contributed by atoms with van der Waals surface area (Å²) >= 11 is 5.59. The Morgan fingerprint density at radius 1 is 0.864 bits per heavy atom. The van der Waals surface area contributed by atoms with Gasteiger partial charge in [0.05, 0.1) is 11.3 Å². The van der Waals surface area contributed by atoms with Gasteiger partial charge in [0.25, 0.3) is 5.91 Å². The summed E-state index contributed by atoms with van der Waals surface area (Å²) in [5.74, 6) is -0.190. The monoisotopic (exact) mass is 953 g/mol. The molecule has 2 aliphatic heterocycles. The predicted molar refractivity (Wildman–Crippen MR) is 262 cm³/mol. The maximum Gasteiger partial charge on any atom is 0.315 e. The first-order valence-corrected chi connectivity index (χ1v) is 24.6. The average molecular weight is 954 g/mol. The minimum Gasteiger partial charge on any atom is -0.497 e. The van der Waals surface area contributed by atoms with Crippen molar-refractivity contribution in [3.05, 3.63) is 189 Å². The van der Waals surface area contributed by atoms with Crippen LogP contribution in [0.5, 0.6) is 5.75 Å². The van der Waals surface area contributed by atoms with Crippen LogP contribution in [0.1, 0.15) is 27.9 Å². The molecule has 2 aliphatic rings. The van der Waals surface area contributed by atoms with E-state index < -0.39 is 34.2 Å². The van der Waals surface area contributed by atoms with Crippen molar-refractivity contribution in [2.24, 2.45) is 10.6 Å². The number of aromatic nitrogens is 1. The maximum absolute atomic E-state index is 14.2. The molecule has 2 unspecified atom stereocenters. The second-order valence-electron chi connectivity index (χ2n) is 15.7. The molecule has 12 nitrogen and oxygen atoms in total. The van der Waals surface area contributed by atoms with Crippen molar-refractivity contribution in [1.82, 2.24) is 15.2 Å². The third kappa shape index (κ3) is 8.93. The average Bonchev–Trinajstić information content (AvgIpc) is 3.83. The molecular formula is C50H43N5O7S4. The molecule has 9 rings (SSSR count). The molecule has 16 heteroatoms. The van der Waals surface area contributed by atoms with Gasteiger partial charge in [0.1, 0.15) is 47.5 Å². The number of nitrogens with zero attached hydrogens (tertiary/aromatic N) is 3. The number of nitrogens with one attached hydrogen (secondary N) is 2. The number of carbonyl (C=O) groups excluding carboxylic acids is 3. The molecule has 2 amide bonds. The van der Waals surface area contributed by atoms with Gasteiger partial charge in [-0.3, -0.25) is 19.2 Å². The number of β-lactam (4-membered cyclic amide) rings is 1. The Kier molecular flexibility index (Phi) is 13.3. The molecule has 2 aromatic heterocycles. The molecule has 0 bridgehead atoms. The number of hydrogen-bond donors (Lipinski definition) is 2. The number of thioether (sulfide) groups is 2. The zero-order valence-electron chi connectivity index (χ0n) is 35.7. The Labute approximate surface area is 397 Å². The zero-order chi connectivity index (χ0) is 45.7. The number of rotatable bonds is 16. The highest BCUT2D eigenvalue weighted by molar-refractivity contribution is 8.01. The number of hydrogen-bond acceptors (Lipinski definition) is 14. The third-order valence-electron chi connectivity index (χ3n) is 11.6. The van der Waals surface area contributed by atoms with E-state index in [0.29, 0.717) is 22.0 Å². The minimum absolute atomic E-state index is 0.0283. The molecule has 2 fully saturated rings. The number of esters is 1. The Morgan fingerprint density at radius 3 is 2.14 bits per heavy atom. The summed E-state index contributed by atoms with van der Waals surface area (Å²) < 4.78 is 12.8. The second-order valence-corrected chi connectivity index (χ2v) is 20.0. The first-order chi connectivity index (χ1) is 32.2. The highest BCUT2D eigenvalue weighted by Crippen LogP contribution is 2.46. The topological polar surface area (TPSA) is 149 Å². The van der Waals surface area contributed by atoms with Crippen LogP contribution in [0, 0.1) is 5.41 Å². The van der Waals surface area contributed by atoms with Crippen LogP contribution in [0.15, 0.2) is 165 Å². The van der Waals surface area contributed by atoms with E-state index >= 15 is 0 Å². The Balaban J connectivity index is 0.930. The van der Waals surface area contributed by atoms with Crippen molar-refractivity contribution in [3.8, 4) is 5.75 Å². The number of anilines is 1. The van der Waals surface area contributed by atoms with Gasteiger partial charge in [-0.25, -0.2) is 4.98 Å². The SMILES string of the molecule is CON=C(C(=O)NC1C(=O)N2CC(CSc3cc(=O)c4ccccc4s3)(C(=O)OCc3ccc(OC)cc3)CS[C@H]12)c1csc(NC(c2ccccc2)(c2ccccc2)c2ccccc2)n1. The fourth-order valence-corrected chi connectivity index (χ4v) is 13.0. The lowest BCUT2D eigenvalue weighted by Crippen LogP contribution is -2.74. The van der Waals surface area contributed by atoms with Crippen molar-refractivity contribution in [3.63, 3.8) is 0 Å². The molecule has 0 spiro atoms. The molecule has 66 heavy (non-hydrogen) atoms. The van der Waals surface area contributed by atoms with Crippen LogP contribution in [-0.4, -0.2) is 77.1 Å². The van der Waals surface area contributed by atoms with Crippen LogP contribution in [-0.2, 0) is 36.1 Å².